The number of carbonyl (C=O) groups excluding carboxylic acids is 3. The lowest BCUT2D eigenvalue weighted by atomic mass is 10.0. The Morgan fingerprint density at radius 3 is 2.11 bits per heavy atom. The average molecular weight is 517 g/mol. The van der Waals surface area contributed by atoms with E-state index in [-0.39, 0.29) is 24.1 Å². The molecule has 0 spiro atoms. The number of amides is 2. The normalized spacial score (nSPS) is 12.8. The highest BCUT2D eigenvalue weighted by Crippen LogP contribution is 2.32. The predicted molar refractivity (Wildman–Crippen MR) is 140 cm³/mol. The predicted octanol–water partition coefficient (Wildman–Crippen LogP) is 6.68. The summed E-state index contributed by atoms with van der Waals surface area (Å²) in [6.07, 6.45) is 0.745. The Hall–Kier alpha value is -3.67. The minimum Gasteiger partial charge on any atom is -0.315 e. The van der Waals surface area contributed by atoms with Gasteiger partial charge in [0, 0.05) is 27.5 Å². The van der Waals surface area contributed by atoms with Gasteiger partial charge in [-0.2, -0.15) is 0 Å². The van der Waals surface area contributed by atoms with Gasteiger partial charge in [-0.15, -0.1) is 0 Å². The first-order chi connectivity index (χ1) is 17.3. The van der Waals surface area contributed by atoms with Crippen LogP contribution in [0.15, 0.2) is 72.8 Å². The molecule has 0 unspecified atom stereocenters. The molecule has 3 aromatic carbocycles. The smallest absolute Gasteiger partial charge is 0.261 e. The molecular weight excluding hydrogens is 495 g/mol. The summed E-state index contributed by atoms with van der Waals surface area (Å²) in [5.74, 6) is -0.930. The van der Waals surface area contributed by atoms with E-state index in [2.05, 4.69) is 0 Å². The molecule has 0 aliphatic carbocycles. The lowest BCUT2D eigenvalue weighted by Gasteiger charge is -2.20. The van der Waals surface area contributed by atoms with Gasteiger partial charge < -0.3 is 4.57 Å². The first-order valence-corrected chi connectivity index (χ1v) is 12.3. The third-order valence-electron chi connectivity index (χ3n) is 6.57. The molecule has 0 saturated carbocycles. The van der Waals surface area contributed by atoms with Crippen molar-refractivity contribution in [2.75, 3.05) is 0 Å². The highest BCUT2D eigenvalue weighted by atomic mass is 35.5. The van der Waals surface area contributed by atoms with Crippen LogP contribution in [0.5, 0.6) is 0 Å². The molecule has 5 rings (SSSR count). The second kappa shape index (κ2) is 9.41. The maximum atomic E-state index is 13.6. The second-order valence-corrected chi connectivity index (χ2v) is 9.49. The molecule has 0 radical (unpaired) electrons. The van der Waals surface area contributed by atoms with Crippen LogP contribution in [0.4, 0.5) is 0 Å². The number of imide groups is 1. The van der Waals surface area contributed by atoms with Crippen LogP contribution in [0.25, 0.3) is 5.69 Å². The molecule has 2 heterocycles. The maximum absolute atomic E-state index is 13.6. The zero-order valence-corrected chi connectivity index (χ0v) is 21.2. The minimum atomic E-state index is -0.331. The van der Waals surface area contributed by atoms with Crippen LogP contribution < -0.4 is 0 Å². The Kier molecular flexibility index (Phi) is 6.29. The van der Waals surface area contributed by atoms with Crippen molar-refractivity contribution in [3.8, 4) is 5.69 Å². The maximum Gasteiger partial charge on any atom is 0.261 e. The van der Waals surface area contributed by atoms with E-state index < -0.39 is 0 Å². The number of fused-ring (bicyclic) bond motifs is 1. The van der Waals surface area contributed by atoms with Crippen LogP contribution in [-0.4, -0.2) is 27.1 Å². The number of aryl methyl sites for hydroxylation is 1. The third-order valence-corrected chi connectivity index (χ3v) is 7.13. The van der Waals surface area contributed by atoms with Gasteiger partial charge in [-0.1, -0.05) is 54.4 Å². The highest BCUT2D eigenvalue weighted by Gasteiger charge is 2.36. The summed E-state index contributed by atoms with van der Waals surface area (Å²) < 4.78 is 1.93. The molecule has 180 valence electrons. The van der Waals surface area contributed by atoms with Gasteiger partial charge in [0.2, 0.25) is 0 Å². The summed E-state index contributed by atoms with van der Waals surface area (Å²) >= 11 is 12.7. The van der Waals surface area contributed by atoms with Crippen LogP contribution in [0.1, 0.15) is 60.5 Å². The van der Waals surface area contributed by atoms with Gasteiger partial charge >= 0.3 is 0 Å². The summed E-state index contributed by atoms with van der Waals surface area (Å²) in [6.45, 7) is 4.06. The van der Waals surface area contributed by atoms with Gasteiger partial charge in [0.05, 0.1) is 28.4 Å². The van der Waals surface area contributed by atoms with E-state index in [9.17, 15) is 14.4 Å². The molecule has 0 fully saturated rings. The average Bonchev–Trinajstić information content (AvgIpc) is 3.32. The van der Waals surface area contributed by atoms with E-state index in [4.69, 9.17) is 23.2 Å². The minimum absolute atomic E-state index is 0.0650. The summed E-state index contributed by atoms with van der Waals surface area (Å²) in [4.78, 5) is 41.0. The lowest BCUT2D eigenvalue weighted by molar-refractivity contribution is 0.0639. The highest BCUT2D eigenvalue weighted by molar-refractivity contribution is 6.35. The van der Waals surface area contributed by atoms with Gasteiger partial charge in [0.25, 0.3) is 11.8 Å². The van der Waals surface area contributed by atoms with Crippen molar-refractivity contribution in [3.05, 3.63) is 122 Å². The number of halogens is 2. The van der Waals surface area contributed by atoms with E-state index in [0.29, 0.717) is 38.0 Å². The number of rotatable bonds is 6. The van der Waals surface area contributed by atoms with E-state index >= 15 is 0 Å². The van der Waals surface area contributed by atoms with Crippen molar-refractivity contribution in [3.63, 3.8) is 0 Å². The Balaban J connectivity index is 1.64. The van der Waals surface area contributed by atoms with Crippen LogP contribution >= 0.6 is 23.2 Å². The van der Waals surface area contributed by atoms with Crippen LogP contribution in [0.3, 0.4) is 0 Å². The molecule has 36 heavy (non-hydrogen) atoms. The van der Waals surface area contributed by atoms with E-state index in [1.165, 1.54) is 4.90 Å². The van der Waals surface area contributed by atoms with Gasteiger partial charge in [-0.05, 0) is 67.4 Å². The molecule has 0 N–H and O–H groups in total. The summed E-state index contributed by atoms with van der Waals surface area (Å²) in [5.41, 5.74) is 4.82. The molecule has 0 saturated heterocycles. The van der Waals surface area contributed by atoms with Crippen molar-refractivity contribution < 1.29 is 14.4 Å². The fourth-order valence-electron chi connectivity index (χ4n) is 4.76. The van der Waals surface area contributed by atoms with Crippen molar-refractivity contribution in [1.82, 2.24) is 9.47 Å². The zero-order valence-electron chi connectivity index (χ0n) is 19.7. The molecule has 0 atom stereocenters. The van der Waals surface area contributed by atoms with Crippen molar-refractivity contribution in [2.45, 2.75) is 26.8 Å². The van der Waals surface area contributed by atoms with Crippen molar-refractivity contribution in [1.29, 1.82) is 0 Å². The largest absolute Gasteiger partial charge is 0.315 e. The Morgan fingerprint density at radius 1 is 0.833 bits per heavy atom. The zero-order chi connectivity index (χ0) is 25.6. The molecule has 4 aromatic rings. The number of hydrogen-bond acceptors (Lipinski definition) is 3. The van der Waals surface area contributed by atoms with Crippen LogP contribution in [-0.2, 0) is 13.0 Å². The number of aromatic nitrogens is 1. The Labute approximate surface area is 218 Å². The van der Waals surface area contributed by atoms with Gasteiger partial charge in [-0.25, -0.2) is 0 Å². The molecule has 1 aromatic heterocycles. The first kappa shape index (κ1) is 24.0. The fourth-order valence-corrected chi connectivity index (χ4v) is 5.15. The van der Waals surface area contributed by atoms with Gasteiger partial charge in [0.15, 0.2) is 5.78 Å². The number of carbonyl (C=O) groups is 3. The Morgan fingerprint density at radius 2 is 1.47 bits per heavy atom. The van der Waals surface area contributed by atoms with Gasteiger partial charge in [0.1, 0.15) is 0 Å². The first-order valence-electron chi connectivity index (χ1n) is 11.6. The molecule has 5 nitrogen and oxygen atoms in total. The van der Waals surface area contributed by atoms with Crippen LogP contribution in [0, 0.1) is 6.92 Å². The standard InChI is InChI=1S/C29H22Cl2N2O3/c1-3-18-14-20(16-32-28(35)21-8-4-5-9-22(21)29(32)36)33(17(18)2)26-13-12-19(30)15-24(26)27(34)23-10-6-7-11-25(23)31/h4-15H,3,16H2,1-2H3. The number of benzene rings is 3. The number of nitrogens with zero attached hydrogens (tertiary/aromatic N) is 2. The molecular formula is C29H22Cl2N2O3. The van der Waals surface area contributed by atoms with Crippen LogP contribution in [0.2, 0.25) is 10.0 Å². The van der Waals surface area contributed by atoms with E-state index in [1.54, 1.807) is 66.7 Å². The second-order valence-electron chi connectivity index (χ2n) is 8.65. The summed E-state index contributed by atoms with van der Waals surface area (Å²) in [6, 6.07) is 20.8. The lowest BCUT2D eigenvalue weighted by Crippen LogP contribution is -2.30. The fraction of sp³-hybridized carbons (Fsp3) is 0.138. The van der Waals surface area contributed by atoms with Crippen molar-refractivity contribution >= 4 is 40.8 Å². The Bertz CT molecular complexity index is 1520. The summed E-state index contributed by atoms with van der Waals surface area (Å²) in [5, 5.41) is 0.759. The molecule has 7 heteroatoms. The molecule has 2 amide bonds. The third kappa shape index (κ3) is 3.94. The topological polar surface area (TPSA) is 59.4 Å². The van der Waals surface area contributed by atoms with Crippen molar-refractivity contribution in [2.24, 2.45) is 0 Å². The molecule has 1 aliphatic heterocycles. The van der Waals surface area contributed by atoms with E-state index in [1.807, 2.05) is 24.5 Å². The molecule has 1 aliphatic rings. The molecule has 0 bridgehead atoms. The quantitative estimate of drug-likeness (QED) is 0.212. The summed E-state index contributed by atoms with van der Waals surface area (Å²) in [7, 11) is 0. The monoisotopic (exact) mass is 516 g/mol. The number of ketones is 1. The SMILES string of the molecule is CCc1cc(CN2C(=O)c3ccccc3C2=O)n(-c2ccc(Cl)cc2C(=O)c2ccccc2Cl)c1C. The number of hydrogen-bond donors (Lipinski definition) is 0. The van der Waals surface area contributed by atoms with Gasteiger partial charge in [-0.3, -0.25) is 19.3 Å². The van der Waals surface area contributed by atoms with E-state index in [0.717, 1.165) is 23.4 Å².